The zero-order valence-corrected chi connectivity index (χ0v) is 22.7. The van der Waals surface area contributed by atoms with Crippen LogP contribution in [0, 0.1) is 15.9 Å². The number of non-ortho nitro benzene ring substituents is 1. The number of ether oxygens (including phenoxy) is 1. The van der Waals surface area contributed by atoms with Gasteiger partial charge < -0.3 is 4.74 Å². The van der Waals surface area contributed by atoms with E-state index in [0.29, 0.717) is 31.7 Å². The first kappa shape index (κ1) is 27.1. The summed E-state index contributed by atoms with van der Waals surface area (Å²) in [6, 6.07) is 10.6. The first-order valence-electron chi connectivity index (χ1n) is 11.9. The number of hydrogen-bond acceptors (Lipinski definition) is 10. The van der Waals surface area contributed by atoms with Gasteiger partial charge in [0.15, 0.2) is 9.96 Å². The summed E-state index contributed by atoms with van der Waals surface area (Å²) in [7, 11) is 0. The highest BCUT2D eigenvalue weighted by atomic mass is 32.2. The van der Waals surface area contributed by atoms with Gasteiger partial charge in [-0.05, 0) is 67.1 Å². The Bertz CT molecular complexity index is 1840. The fraction of sp³-hybridized carbons (Fsp3) is 0.148. The summed E-state index contributed by atoms with van der Waals surface area (Å²) < 4.78 is 20.6. The van der Waals surface area contributed by atoms with Crippen LogP contribution < -0.4 is 14.9 Å². The predicted octanol–water partition coefficient (Wildman–Crippen LogP) is 3.79. The van der Waals surface area contributed by atoms with Gasteiger partial charge in [0.2, 0.25) is 0 Å². The number of rotatable bonds is 7. The Balaban J connectivity index is 1.71. The lowest BCUT2D eigenvalue weighted by Crippen LogP contribution is -2.39. The van der Waals surface area contributed by atoms with Gasteiger partial charge in [-0.25, -0.2) is 24.1 Å². The lowest BCUT2D eigenvalue weighted by Gasteiger charge is -2.24. The summed E-state index contributed by atoms with van der Waals surface area (Å²) in [5, 5.41) is 11.9. The standard InChI is InChI=1S/C27H20FN5O5S2/c1-3-38-25(35)22-15(2)31-27-32(23(22)16-5-7-18(28)8-6-16)24(34)21(40-27)14-17-13-19(33(36)37)9-10-20(17)39-26-29-11-4-12-30-26/h4-14,23H,3H2,1-2H3/b21-14+/t23-/m1/s1. The molecule has 0 radical (unpaired) electrons. The van der Waals surface area contributed by atoms with Crippen LogP contribution in [-0.2, 0) is 9.53 Å². The molecule has 202 valence electrons. The third-order valence-electron chi connectivity index (χ3n) is 5.94. The normalized spacial score (nSPS) is 15.0. The number of fused-ring (bicyclic) bond motifs is 1. The van der Waals surface area contributed by atoms with Gasteiger partial charge in [0, 0.05) is 29.4 Å². The summed E-state index contributed by atoms with van der Waals surface area (Å²) in [4.78, 5) is 51.7. The van der Waals surface area contributed by atoms with Crippen molar-refractivity contribution in [2.75, 3.05) is 6.61 Å². The number of allylic oxidation sites excluding steroid dienone is 1. The van der Waals surface area contributed by atoms with Crippen LogP contribution in [0.4, 0.5) is 10.1 Å². The average molecular weight is 578 g/mol. The summed E-state index contributed by atoms with van der Waals surface area (Å²) in [6.07, 6.45) is 4.71. The highest BCUT2D eigenvalue weighted by Gasteiger charge is 2.33. The van der Waals surface area contributed by atoms with Crippen LogP contribution in [0.1, 0.15) is 31.0 Å². The van der Waals surface area contributed by atoms with Gasteiger partial charge in [0.25, 0.3) is 11.2 Å². The fourth-order valence-corrected chi connectivity index (χ4v) is 6.02. The maximum absolute atomic E-state index is 13.9. The first-order valence-corrected chi connectivity index (χ1v) is 13.6. The molecule has 0 saturated carbocycles. The number of nitrogens with zero attached hydrogens (tertiary/aromatic N) is 5. The number of halogens is 1. The molecule has 3 heterocycles. The minimum atomic E-state index is -0.908. The van der Waals surface area contributed by atoms with Crippen LogP contribution in [0.3, 0.4) is 0 Å². The number of esters is 1. The average Bonchev–Trinajstić information content (AvgIpc) is 3.24. The third-order valence-corrected chi connectivity index (χ3v) is 7.90. The van der Waals surface area contributed by atoms with Crippen LogP contribution >= 0.6 is 23.1 Å². The number of nitro groups is 1. The summed E-state index contributed by atoms with van der Waals surface area (Å²) in [6.45, 7) is 3.44. The quantitative estimate of drug-likeness (QED) is 0.140. The van der Waals surface area contributed by atoms with Gasteiger partial charge in [-0.3, -0.25) is 19.5 Å². The predicted molar refractivity (Wildman–Crippen MR) is 146 cm³/mol. The molecule has 0 saturated heterocycles. The molecule has 0 spiro atoms. The Morgan fingerprint density at radius 2 is 1.95 bits per heavy atom. The molecule has 40 heavy (non-hydrogen) atoms. The molecule has 13 heteroatoms. The minimum Gasteiger partial charge on any atom is -0.463 e. The summed E-state index contributed by atoms with van der Waals surface area (Å²) >= 11 is 2.27. The first-order chi connectivity index (χ1) is 19.3. The Hall–Kier alpha value is -4.49. The highest BCUT2D eigenvalue weighted by molar-refractivity contribution is 7.99. The van der Waals surface area contributed by atoms with Crippen molar-refractivity contribution >= 4 is 40.8 Å². The molecule has 2 aromatic carbocycles. The maximum Gasteiger partial charge on any atom is 0.338 e. The minimum absolute atomic E-state index is 0.120. The number of nitro benzene ring substituents is 1. The smallest absolute Gasteiger partial charge is 0.338 e. The van der Waals surface area contributed by atoms with E-state index in [0.717, 1.165) is 11.3 Å². The van der Waals surface area contributed by atoms with E-state index in [1.807, 2.05) is 0 Å². The number of carbonyl (C=O) groups excluding carboxylic acids is 1. The Kier molecular flexibility index (Phi) is 7.67. The third kappa shape index (κ3) is 5.33. The largest absolute Gasteiger partial charge is 0.463 e. The molecule has 1 aliphatic heterocycles. The second-order valence-electron chi connectivity index (χ2n) is 8.47. The van der Waals surface area contributed by atoms with Crippen LogP contribution in [0.2, 0.25) is 0 Å². The molecule has 0 fully saturated rings. The van der Waals surface area contributed by atoms with Gasteiger partial charge in [-0.2, -0.15) is 0 Å². The molecular formula is C27H20FN5O5S2. The molecule has 0 aliphatic carbocycles. The second-order valence-corrected chi connectivity index (χ2v) is 10.5. The van der Waals surface area contributed by atoms with Crippen molar-refractivity contribution < 1.29 is 18.8 Å². The van der Waals surface area contributed by atoms with Gasteiger partial charge in [-0.15, -0.1) is 0 Å². The molecule has 2 aromatic heterocycles. The molecule has 1 atom stereocenters. The van der Waals surface area contributed by atoms with E-state index in [1.165, 1.54) is 52.7 Å². The number of hydrogen-bond donors (Lipinski definition) is 0. The second kappa shape index (κ2) is 11.3. The SMILES string of the molecule is CCOC(=O)C1=C(C)N=c2s/c(=C/c3cc([N+](=O)[O-])ccc3Sc3ncccn3)c(=O)n2[C@@H]1c1ccc(F)cc1. The van der Waals surface area contributed by atoms with Crippen molar-refractivity contribution in [1.29, 1.82) is 0 Å². The summed E-state index contributed by atoms with van der Waals surface area (Å²) in [5.41, 5.74) is 0.831. The van der Waals surface area contributed by atoms with E-state index in [4.69, 9.17) is 4.74 Å². The van der Waals surface area contributed by atoms with Crippen molar-refractivity contribution in [2.24, 2.45) is 4.99 Å². The molecule has 5 rings (SSSR count). The fourth-order valence-electron chi connectivity index (χ4n) is 4.18. The van der Waals surface area contributed by atoms with Gasteiger partial charge in [0.05, 0.1) is 33.4 Å². The van der Waals surface area contributed by atoms with Crippen LogP contribution in [0.15, 0.2) is 92.0 Å². The van der Waals surface area contributed by atoms with Crippen molar-refractivity contribution in [3.05, 3.63) is 119 Å². The van der Waals surface area contributed by atoms with E-state index in [-0.39, 0.29) is 22.4 Å². The van der Waals surface area contributed by atoms with E-state index < -0.39 is 28.3 Å². The molecule has 0 unspecified atom stereocenters. The molecule has 10 nitrogen and oxygen atoms in total. The van der Waals surface area contributed by atoms with E-state index >= 15 is 0 Å². The molecule has 0 amide bonds. The molecule has 1 aliphatic rings. The zero-order chi connectivity index (χ0) is 28.4. The summed E-state index contributed by atoms with van der Waals surface area (Å²) in [5.74, 6) is -1.10. The molecule has 0 N–H and O–H groups in total. The van der Waals surface area contributed by atoms with E-state index in [1.54, 1.807) is 44.4 Å². The monoisotopic (exact) mass is 577 g/mol. The van der Waals surface area contributed by atoms with Crippen molar-refractivity contribution in [2.45, 2.75) is 29.9 Å². The van der Waals surface area contributed by atoms with Gasteiger partial charge in [0.1, 0.15) is 5.82 Å². The van der Waals surface area contributed by atoms with Crippen molar-refractivity contribution in [3.8, 4) is 0 Å². The van der Waals surface area contributed by atoms with E-state index in [2.05, 4.69) is 15.0 Å². The van der Waals surface area contributed by atoms with Crippen LogP contribution in [0.25, 0.3) is 6.08 Å². The van der Waals surface area contributed by atoms with Gasteiger partial charge in [-0.1, -0.05) is 23.5 Å². The van der Waals surface area contributed by atoms with Crippen molar-refractivity contribution in [1.82, 2.24) is 14.5 Å². The van der Waals surface area contributed by atoms with E-state index in [9.17, 15) is 24.1 Å². The van der Waals surface area contributed by atoms with Gasteiger partial charge >= 0.3 is 5.97 Å². The zero-order valence-electron chi connectivity index (χ0n) is 21.1. The molecule has 0 bridgehead atoms. The Morgan fingerprint density at radius 1 is 1.23 bits per heavy atom. The van der Waals surface area contributed by atoms with Crippen LogP contribution in [0.5, 0.6) is 0 Å². The van der Waals surface area contributed by atoms with Crippen LogP contribution in [-0.4, -0.2) is 32.0 Å². The molecular weight excluding hydrogens is 557 g/mol. The molecule has 4 aromatic rings. The number of thiazole rings is 1. The maximum atomic E-state index is 13.9. The lowest BCUT2D eigenvalue weighted by molar-refractivity contribution is -0.384. The lowest BCUT2D eigenvalue weighted by atomic mass is 9.96. The number of aromatic nitrogens is 3. The number of carbonyl (C=O) groups is 1. The topological polar surface area (TPSA) is 130 Å². The number of benzene rings is 2. The Morgan fingerprint density at radius 3 is 2.62 bits per heavy atom. The highest BCUT2D eigenvalue weighted by Crippen LogP contribution is 2.32. The van der Waals surface area contributed by atoms with Crippen molar-refractivity contribution in [3.63, 3.8) is 0 Å². The Labute approximate surface area is 234 Å².